The van der Waals surface area contributed by atoms with Crippen LogP contribution in [0.15, 0.2) is 47.1 Å². The number of hydrogen-bond donors (Lipinski definition) is 3. The molecule has 6 nitrogen and oxygen atoms in total. The molecule has 0 saturated heterocycles. The summed E-state index contributed by atoms with van der Waals surface area (Å²) in [6, 6.07) is 11.0. The number of aryl methyl sites for hydroxylation is 1. The maximum Gasteiger partial charge on any atom is 0.321 e. The highest BCUT2D eigenvalue weighted by molar-refractivity contribution is 5.94. The number of rotatable bonds is 6. The highest BCUT2D eigenvalue weighted by atomic mass is 16.3. The topological polar surface area (TPSA) is 75.8 Å². The van der Waals surface area contributed by atoms with Crippen LogP contribution in [0.25, 0.3) is 0 Å². The lowest BCUT2D eigenvalue weighted by Gasteiger charge is -2.15. The van der Waals surface area contributed by atoms with E-state index in [0.29, 0.717) is 5.76 Å². The first-order valence-corrected chi connectivity index (χ1v) is 7.50. The van der Waals surface area contributed by atoms with Crippen LogP contribution in [0.2, 0.25) is 0 Å². The Morgan fingerprint density at radius 1 is 1.17 bits per heavy atom. The van der Waals surface area contributed by atoms with Gasteiger partial charge in [0, 0.05) is 5.56 Å². The number of hydrogen-bond acceptors (Lipinski definition) is 3. The number of likely N-dealkylation sites (N-methyl/N-ethyl adjacent to an activating group) is 1. The molecule has 3 N–H and O–H groups in total. The average Bonchev–Trinajstić information content (AvgIpc) is 3.00. The van der Waals surface area contributed by atoms with E-state index in [9.17, 15) is 9.59 Å². The van der Waals surface area contributed by atoms with E-state index in [0.717, 1.165) is 11.4 Å². The molecule has 1 aromatic carbocycles. The van der Waals surface area contributed by atoms with Gasteiger partial charge in [-0.2, -0.15) is 0 Å². The van der Waals surface area contributed by atoms with E-state index in [2.05, 4.69) is 10.6 Å². The molecule has 1 atom stereocenters. The lowest BCUT2D eigenvalue weighted by molar-refractivity contribution is -0.885. The van der Waals surface area contributed by atoms with Gasteiger partial charge in [-0.1, -0.05) is 24.3 Å². The van der Waals surface area contributed by atoms with Crippen LogP contribution >= 0.6 is 0 Å². The molecule has 6 heteroatoms. The Kier molecular flexibility index (Phi) is 5.94. The summed E-state index contributed by atoms with van der Waals surface area (Å²) in [5.74, 6) is 0.322. The van der Waals surface area contributed by atoms with Gasteiger partial charge in [-0.25, -0.2) is 4.79 Å². The molecule has 122 valence electrons. The molecule has 1 aromatic heterocycles. The van der Waals surface area contributed by atoms with E-state index in [1.807, 2.05) is 38.2 Å². The first-order valence-electron chi connectivity index (χ1n) is 7.50. The van der Waals surface area contributed by atoms with Gasteiger partial charge in [0.25, 0.3) is 5.91 Å². The van der Waals surface area contributed by atoms with Gasteiger partial charge in [-0.3, -0.25) is 10.1 Å². The Hall–Kier alpha value is -2.60. The predicted octanol–water partition coefficient (Wildman–Crippen LogP) is 0.629. The van der Waals surface area contributed by atoms with Crippen molar-refractivity contribution < 1.29 is 18.9 Å². The number of quaternary nitrogens is 1. The average molecular weight is 316 g/mol. The molecule has 1 heterocycles. The van der Waals surface area contributed by atoms with Crippen LogP contribution in [-0.2, 0) is 17.9 Å². The lowest BCUT2D eigenvalue weighted by atomic mass is 10.1. The fraction of sp³-hybridized carbons (Fsp3) is 0.294. The van der Waals surface area contributed by atoms with Gasteiger partial charge in [0.2, 0.25) is 0 Å². The molecule has 0 bridgehead atoms. The van der Waals surface area contributed by atoms with Crippen LogP contribution in [0.5, 0.6) is 0 Å². The second kappa shape index (κ2) is 8.14. The minimum Gasteiger partial charge on any atom is -0.467 e. The van der Waals surface area contributed by atoms with Crippen LogP contribution in [0.1, 0.15) is 16.9 Å². The van der Waals surface area contributed by atoms with Crippen LogP contribution < -0.4 is 15.5 Å². The van der Waals surface area contributed by atoms with Gasteiger partial charge >= 0.3 is 6.03 Å². The smallest absolute Gasteiger partial charge is 0.321 e. The SMILES string of the molecule is Cc1ccccc1C[NH+](C)CC(=O)NC(=O)NCc1ccco1. The molecular weight excluding hydrogens is 294 g/mol. The Balaban J connectivity index is 1.73. The molecule has 1 unspecified atom stereocenters. The third-order valence-electron chi connectivity index (χ3n) is 3.47. The molecule has 3 amide bonds. The summed E-state index contributed by atoms with van der Waals surface area (Å²) < 4.78 is 5.10. The standard InChI is InChI=1S/C17H21N3O3/c1-13-6-3-4-7-14(13)11-20(2)12-16(21)19-17(22)18-10-15-8-5-9-23-15/h3-9H,10-12H2,1-2H3,(H2,18,19,21,22)/p+1. The minimum absolute atomic E-state index is 0.225. The van der Waals surface area contributed by atoms with E-state index in [4.69, 9.17) is 4.42 Å². The first-order chi connectivity index (χ1) is 11.0. The molecule has 23 heavy (non-hydrogen) atoms. The van der Waals surface area contributed by atoms with Crippen LogP contribution in [0.4, 0.5) is 4.79 Å². The zero-order valence-electron chi connectivity index (χ0n) is 13.4. The largest absolute Gasteiger partial charge is 0.467 e. The molecule has 0 aliphatic carbocycles. The molecule has 2 rings (SSSR count). The van der Waals surface area contributed by atoms with E-state index < -0.39 is 6.03 Å². The van der Waals surface area contributed by atoms with Crippen molar-refractivity contribution in [2.75, 3.05) is 13.6 Å². The summed E-state index contributed by atoms with van der Waals surface area (Å²) in [6.45, 7) is 3.25. The molecule has 0 fully saturated rings. The maximum absolute atomic E-state index is 11.9. The van der Waals surface area contributed by atoms with Crippen LogP contribution in [-0.4, -0.2) is 25.5 Å². The summed E-state index contributed by atoms with van der Waals surface area (Å²) in [5, 5.41) is 4.90. The number of benzene rings is 1. The summed E-state index contributed by atoms with van der Waals surface area (Å²) >= 11 is 0. The second-order valence-corrected chi connectivity index (χ2v) is 5.55. The van der Waals surface area contributed by atoms with E-state index >= 15 is 0 Å². The summed E-state index contributed by atoms with van der Waals surface area (Å²) in [5.41, 5.74) is 2.39. The van der Waals surface area contributed by atoms with Crippen molar-refractivity contribution in [3.63, 3.8) is 0 Å². The summed E-state index contributed by atoms with van der Waals surface area (Å²) in [4.78, 5) is 24.5. The van der Waals surface area contributed by atoms with Crippen molar-refractivity contribution in [1.29, 1.82) is 0 Å². The zero-order chi connectivity index (χ0) is 16.7. The number of amides is 3. The number of urea groups is 1. The second-order valence-electron chi connectivity index (χ2n) is 5.55. The van der Waals surface area contributed by atoms with Crippen molar-refractivity contribution in [3.05, 3.63) is 59.5 Å². The van der Waals surface area contributed by atoms with Crippen molar-refractivity contribution in [1.82, 2.24) is 10.6 Å². The number of imide groups is 1. The number of carbonyl (C=O) groups is 2. The van der Waals surface area contributed by atoms with Gasteiger partial charge in [0.05, 0.1) is 19.9 Å². The lowest BCUT2D eigenvalue weighted by Crippen LogP contribution is -3.09. The van der Waals surface area contributed by atoms with Gasteiger partial charge in [0.1, 0.15) is 12.3 Å². The third-order valence-corrected chi connectivity index (χ3v) is 3.47. The van der Waals surface area contributed by atoms with Crippen molar-refractivity contribution >= 4 is 11.9 Å². The Morgan fingerprint density at radius 2 is 1.96 bits per heavy atom. The Labute approximate surface area is 135 Å². The van der Waals surface area contributed by atoms with E-state index in [1.165, 1.54) is 17.4 Å². The Bertz CT molecular complexity index is 653. The normalized spacial score (nSPS) is 11.7. The van der Waals surface area contributed by atoms with Crippen LogP contribution in [0, 0.1) is 6.92 Å². The van der Waals surface area contributed by atoms with E-state index in [-0.39, 0.29) is 19.0 Å². The van der Waals surface area contributed by atoms with Crippen molar-refractivity contribution in [3.8, 4) is 0 Å². The van der Waals surface area contributed by atoms with Crippen molar-refractivity contribution in [2.24, 2.45) is 0 Å². The molecule has 0 spiro atoms. The quantitative estimate of drug-likeness (QED) is 0.732. The molecule has 2 aromatic rings. The van der Waals surface area contributed by atoms with Crippen molar-refractivity contribution in [2.45, 2.75) is 20.0 Å². The molecule has 0 aliphatic rings. The summed E-state index contributed by atoms with van der Waals surface area (Å²) in [7, 11) is 1.92. The van der Waals surface area contributed by atoms with Gasteiger partial charge in [-0.05, 0) is 24.6 Å². The maximum atomic E-state index is 11.9. The molecule has 0 saturated carbocycles. The van der Waals surface area contributed by atoms with Crippen LogP contribution in [0.3, 0.4) is 0 Å². The summed E-state index contributed by atoms with van der Waals surface area (Å²) in [6.07, 6.45) is 1.53. The van der Waals surface area contributed by atoms with E-state index in [1.54, 1.807) is 12.1 Å². The predicted molar refractivity (Wildman–Crippen MR) is 85.7 cm³/mol. The number of carbonyl (C=O) groups excluding carboxylic acids is 2. The molecule has 0 radical (unpaired) electrons. The van der Waals surface area contributed by atoms with Gasteiger partial charge < -0.3 is 14.6 Å². The first kappa shape index (κ1) is 16.8. The number of nitrogens with one attached hydrogen (secondary N) is 3. The Morgan fingerprint density at radius 3 is 2.65 bits per heavy atom. The molecule has 0 aliphatic heterocycles. The van der Waals surface area contributed by atoms with Gasteiger partial charge in [0.15, 0.2) is 6.54 Å². The molecular formula is C17H22N3O3+. The monoisotopic (exact) mass is 316 g/mol. The third kappa shape index (κ3) is 5.60. The minimum atomic E-state index is -0.518. The fourth-order valence-electron chi connectivity index (χ4n) is 2.27. The zero-order valence-corrected chi connectivity index (χ0v) is 13.4. The fourth-order valence-corrected chi connectivity index (χ4v) is 2.27. The highest BCUT2D eigenvalue weighted by Gasteiger charge is 2.14. The highest BCUT2D eigenvalue weighted by Crippen LogP contribution is 2.04. The number of furan rings is 1. The van der Waals surface area contributed by atoms with Gasteiger partial charge in [-0.15, -0.1) is 0 Å².